The summed E-state index contributed by atoms with van der Waals surface area (Å²) in [7, 11) is 2.04. The predicted molar refractivity (Wildman–Crippen MR) is 88.4 cm³/mol. The van der Waals surface area contributed by atoms with Crippen molar-refractivity contribution >= 4 is 15.9 Å². The molecule has 0 saturated heterocycles. The molecule has 2 N–H and O–H groups in total. The molecule has 0 aromatic heterocycles. The fourth-order valence-corrected chi connectivity index (χ4v) is 3.09. The van der Waals surface area contributed by atoms with Gasteiger partial charge < -0.3 is 5.73 Å². The number of hydrogen-bond donors (Lipinski definition) is 1. The Hall–Kier alpha value is -1.23. The summed E-state index contributed by atoms with van der Waals surface area (Å²) in [6.07, 6.45) is 0. The summed E-state index contributed by atoms with van der Waals surface area (Å²) >= 11 is 3.49. The fraction of sp³-hybridized carbons (Fsp3) is 0.294. The SMILES string of the molecule is CC(N)C(c1ccc(F)cc1)N(C)Cc1cccc(Br)c1. The number of nitrogens with zero attached hydrogens (tertiary/aromatic N) is 1. The number of likely N-dealkylation sites (N-methyl/N-ethyl adjacent to an activating group) is 1. The lowest BCUT2D eigenvalue weighted by molar-refractivity contribution is 0.211. The van der Waals surface area contributed by atoms with Gasteiger partial charge in [-0.25, -0.2) is 4.39 Å². The van der Waals surface area contributed by atoms with E-state index in [4.69, 9.17) is 5.73 Å². The Kier molecular flexibility index (Phi) is 5.51. The van der Waals surface area contributed by atoms with E-state index in [0.717, 1.165) is 16.6 Å². The van der Waals surface area contributed by atoms with Gasteiger partial charge in [0.2, 0.25) is 0 Å². The Morgan fingerprint density at radius 3 is 2.43 bits per heavy atom. The van der Waals surface area contributed by atoms with E-state index < -0.39 is 0 Å². The molecular weight excluding hydrogens is 331 g/mol. The molecule has 0 bridgehead atoms. The third-order valence-electron chi connectivity index (χ3n) is 3.51. The third kappa shape index (κ3) is 4.37. The lowest BCUT2D eigenvalue weighted by Gasteiger charge is -2.31. The molecule has 2 atom stereocenters. The number of hydrogen-bond acceptors (Lipinski definition) is 2. The zero-order chi connectivity index (χ0) is 15.4. The van der Waals surface area contributed by atoms with E-state index in [1.165, 1.54) is 17.7 Å². The van der Waals surface area contributed by atoms with Gasteiger partial charge in [0.25, 0.3) is 0 Å². The monoisotopic (exact) mass is 350 g/mol. The molecule has 0 heterocycles. The van der Waals surface area contributed by atoms with Crippen LogP contribution in [0.2, 0.25) is 0 Å². The standard InChI is InChI=1S/C17H20BrFN2/c1-12(20)17(14-6-8-16(19)9-7-14)21(2)11-13-4-3-5-15(18)10-13/h3-10,12,17H,11,20H2,1-2H3. The summed E-state index contributed by atoms with van der Waals surface area (Å²) in [6.45, 7) is 2.76. The molecule has 0 aliphatic carbocycles. The molecule has 0 saturated carbocycles. The van der Waals surface area contributed by atoms with E-state index in [2.05, 4.69) is 33.0 Å². The van der Waals surface area contributed by atoms with Crippen LogP contribution in [-0.2, 0) is 6.54 Å². The Labute approximate surface area is 133 Å². The first-order valence-corrected chi connectivity index (χ1v) is 7.72. The van der Waals surface area contributed by atoms with Gasteiger partial charge in [0.1, 0.15) is 5.82 Å². The summed E-state index contributed by atoms with van der Waals surface area (Å²) in [5.74, 6) is -0.225. The van der Waals surface area contributed by atoms with Gasteiger partial charge in [-0.05, 0) is 49.4 Å². The highest BCUT2D eigenvalue weighted by Gasteiger charge is 2.21. The van der Waals surface area contributed by atoms with E-state index in [9.17, 15) is 4.39 Å². The predicted octanol–water partition coefficient (Wildman–Crippen LogP) is 4.11. The van der Waals surface area contributed by atoms with Crippen LogP contribution in [0.1, 0.15) is 24.1 Å². The minimum absolute atomic E-state index is 0.0459. The molecule has 0 amide bonds. The zero-order valence-corrected chi connectivity index (χ0v) is 13.8. The summed E-state index contributed by atoms with van der Waals surface area (Å²) < 4.78 is 14.2. The van der Waals surface area contributed by atoms with Crippen LogP contribution < -0.4 is 5.73 Å². The Balaban J connectivity index is 2.19. The quantitative estimate of drug-likeness (QED) is 0.879. The number of nitrogens with two attached hydrogens (primary N) is 1. The zero-order valence-electron chi connectivity index (χ0n) is 12.3. The van der Waals surface area contributed by atoms with Crippen LogP contribution >= 0.6 is 15.9 Å². The first-order valence-electron chi connectivity index (χ1n) is 6.93. The van der Waals surface area contributed by atoms with Gasteiger partial charge in [-0.3, -0.25) is 4.90 Å². The van der Waals surface area contributed by atoms with Gasteiger partial charge >= 0.3 is 0 Å². The average molecular weight is 351 g/mol. The highest BCUT2D eigenvalue weighted by atomic mass is 79.9. The second-order valence-electron chi connectivity index (χ2n) is 5.40. The van der Waals surface area contributed by atoms with Crippen LogP contribution in [0, 0.1) is 5.82 Å². The molecule has 0 spiro atoms. The molecule has 0 radical (unpaired) electrons. The second-order valence-corrected chi connectivity index (χ2v) is 6.32. The van der Waals surface area contributed by atoms with Gasteiger partial charge in [0, 0.05) is 23.1 Å². The summed E-state index contributed by atoms with van der Waals surface area (Å²) in [5.41, 5.74) is 8.39. The molecule has 2 rings (SSSR count). The topological polar surface area (TPSA) is 29.3 Å². The molecule has 112 valence electrons. The summed E-state index contributed by atoms with van der Waals surface area (Å²) in [4.78, 5) is 2.19. The number of benzene rings is 2. The third-order valence-corrected chi connectivity index (χ3v) is 4.00. The molecular formula is C17H20BrFN2. The van der Waals surface area contributed by atoms with Crippen LogP contribution in [-0.4, -0.2) is 18.0 Å². The van der Waals surface area contributed by atoms with E-state index in [0.29, 0.717) is 0 Å². The van der Waals surface area contributed by atoms with Crippen molar-refractivity contribution in [1.82, 2.24) is 4.90 Å². The van der Waals surface area contributed by atoms with Crippen molar-refractivity contribution < 1.29 is 4.39 Å². The molecule has 2 unspecified atom stereocenters. The largest absolute Gasteiger partial charge is 0.326 e. The maximum atomic E-state index is 13.1. The Morgan fingerprint density at radius 2 is 1.86 bits per heavy atom. The van der Waals surface area contributed by atoms with Gasteiger partial charge in [-0.1, -0.05) is 40.2 Å². The van der Waals surface area contributed by atoms with Crippen molar-refractivity contribution in [3.05, 3.63) is 69.9 Å². The maximum absolute atomic E-state index is 13.1. The van der Waals surface area contributed by atoms with Crippen LogP contribution in [0.3, 0.4) is 0 Å². The fourth-order valence-electron chi connectivity index (χ4n) is 2.64. The lowest BCUT2D eigenvalue weighted by atomic mass is 9.99. The molecule has 2 nitrogen and oxygen atoms in total. The molecule has 0 aliphatic heterocycles. The van der Waals surface area contributed by atoms with Gasteiger partial charge in [-0.2, -0.15) is 0 Å². The van der Waals surface area contributed by atoms with Crippen LogP contribution in [0.15, 0.2) is 53.0 Å². The Bertz CT molecular complexity index is 584. The second kappa shape index (κ2) is 7.16. The van der Waals surface area contributed by atoms with Gasteiger partial charge in [-0.15, -0.1) is 0 Å². The minimum Gasteiger partial charge on any atom is -0.326 e. The van der Waals surface area contributed by atoms with Crippen molar-refractivity contribution in [2.24, 2.45) is 5.73 Å². The highest BCUT2D eigenvalue weighted by Crippen LogP contribution is 2.25. The summed E-state index contributed by atoms with van der Waals surface area (Å²) in [5, 5.41) is 0. The van der Waals surface area contributed by atoms with E-state index in [-0.39, 0.29) is 17.9 Å². The van der Waals surface area contributed by atoms with Gasteiger partial charge in [0.05, 0.1) is 0 Å². The molecule has 0 aliphatic rings. The van der Waals surface area contributed by atoms with Crippen molar-refractivity contribution in [3.8, 4) is 0 Å². The highest BCUT2D eigenvalue weighted by molar-refractivity contribution is 9.10. The molecule has 2 aromatic carbocycles. The molecule has 4 heteroatoms. The summed E-state index contributed by atoms with van der Waals surface area (Å²) in [6, 6.07) is 14.8. The molecule has 21 heavy (non-hydrogen) atoms. The minimum atomic E-state index is -0.225. The number of rotatable bonds is 5. The van der Waals surface area contributed by atoms with E-state index >= 15 is 0 Å². The van der Waals surface area contributed by atoms with Gasteiger partial charge in [0.15, 0.2) is 0 Å². The van der Waals surface area contributed by atoms with Crippen molar-refractivity contribution in [2.75, 3.05) is 7.05 Å². The van der Waals surface area contributed by atoms with Crippen molar-refractivity contribution in [3.63, 3.8) is 0 Å². The maximum Gasteiger partial charge on any atom is 0.123 e. The first kappa shape index (κ1) is 16.1. The van der Waals surface area contributed by atoms with E-state index in [1.54, 1.807) is 12.1 Å². The average Bonchev–Trinajstić information content (AvgIpc) is 2.41. The molecule has 2 aromatic rings. The van der Waals surface area contributed by atoms with E-state index in [1.807, 2.05) is 26.1 Å². The van der Waals surface area contributed by atoms with Crippen molar-refractivity contribution in [1.29, 1.82) is 0 Å². The van der Waals surface area contributed by atoms with Crippen molar-refractivity contribution in [2.45, 2.75) is 25.6 Å². The smallest absolute Gasteiger partial charge is 0.123 e. The first-order chi connectivity index (χ1) is 9.97. The van der Waals surface area contributed by atoms with Crippen LogP contribution in [0.5, 0.6) is 0 Å². The Morgan fingerprint density at radius 1 is 1.19 bits per heavy atom. The molecule has 0 fully saturated rings. The lowest BCUT2D eigenvalue weighted by Crippen LogP contribution is -2.36. The normalized spacial score (nSPS) is 14.2. The number of halogens is 2. The van der Waals surface area contributed by atoms with Crippen LogP contribution in [0.4, 0.5) is 4.39 Å². The van der Waals surface area contributed by atoms with Crippen LogP contribution in [0.25, 0.3) is 0 Å².